The number of benzene rings is 2. The third-order valence-electron chi connectivity index (χ3n) is 3.34. The van der Waals surface area contributed by atoms with Crippen molar-refractivity contribution in [2.24, 2.45) is 5.73 Å². The minimum absolute atomic E-state index is 0.154. The molecule has 2 N–H and O–H groups in total. The minimum Gasteiger partial charge on any atom is -0.344 e. The molecule has 0 fully saturated rings. The second kappa shape index (κ2) is 6.42. The molecule has 0 saturated heterocycles. The summed E-state index contributed by atoms with van der Waals surface area (Å²) in [6, 6.07) is 15.0. The van der Waals surface area contributed by atoms with E-state index in [0.717, 1.165) is 10.9 Å². The zero-order valence-corrected chi connectivity index (χ0v) is 13.8. The molecule has 0 radical (unpaired) electrons. The molecule has 2 aromatic rings. The quantitative estimate of drug-likeness (QED) is 0.898. The van der Waals surface area contributed by atoms with Crippen LogP contribution in [0, 0.1) is 6.92 Å². The van der Waals surface area contributed by atoms with E-state index in [2.05, 4.69) is 77.3 Å². The second-order valence-electron chi connectivity index (χ2n) is 5.35. The van der Waals surface area contributed by atoms with E-state index in [0.29, 0.717) is 0 Å². The molecule has 0 aliphatic heterocycles. The van der Waals surface area contributed by atoms with E-state index >= 15 is 0 Å². The Morgan fingerprint density at radius 3 is 2.60 bits per heavy atom. The molecule has 0 heterocycles. The van der Waals surface area contributed by atoms with Gasteiger partial charge >= 0.3 is 0 Å². The first-order chi connectivity index (χ1) is 9.47. The summed E-state index contributed by atoms with van der Waals surface area (Å²) in [6.07, 6.45) is 0.874. The smallest absolute Gasteiger partial charge is 0.0452 e. The molecule has 2 aromatic carbocycles. The van der Waals surface area contributed by atoms with Crippen LogP contribution in [-0.4, -0.2) is 13.1 Å². The van der Waals surface area contributed by atoms with E-state index < -0.39 is 0 Å². The predicted molar refractivity (Wildman–Crippen MR) is 90.7 cm³/mol. The van der Waals surface area contributed by atoms with Crippen molar-refractivity contribution in [2.75, 3.05) is 11.9 Å². The van der Waals surface area contributed by atoms with Crippen LogP contribution >= 0.6 is 15.9 Å². The van der Waals surface area contributed by atoms with Gasteiger partial charge in [0.05, 0.1) is 0 Å². The van der Waals surface area contributed by atoms with E-state index in [1.54, 1.807) is 0 Å². The van der Waals surface area contributed by atoms with Crippen molar-refractivity contribution in [3.63, 3.8) is 0 Å². The van der Waals surface area contributed by atoms with E-state index in [1.165, 1.54) is 22.5 Å². The molecule has 2 nitrogen and oxygen atoms in total. The Labute approximate surface area is 129 Å². The van der Waals surface area contributed by atoms with Gasteiger partial charge in [0, 0.05) is 28.9 Å². The molecule has 0 aliphatic carbocycles. The summed E-state index contributed by atoms with van der Waals surface area (Å²) >= 11 is 3.56. The Balaban J connectivity index is 2.42. The zero-order valence-electron chi connectivity index (χ0n) is 12.2. The van der Waals surface area contributed by atoms with E-state index in [4.69, 9.17) is 5.73 Å². The van der Waals surface area contributed by atoms with Gasteiger partial charge in [0.25, 0.3) is 0 Å². The summed E-state index contributed by atoms with van der Waals surface area (Å²) < 4.78 is 1.08. The van der Waals surface area contributed by atoms with Crippen LogP contribution in [-0.2, 0) is 6.42 Å². The largest absolute Gasteiger partial charge is 0.344 e. The zero-order chi connectivity index (χ0) is 14.7. The molecule has 0 aliphatic rings. The average Bonchev–Trinajstić information content (AvgIpc) is 2.39. The maximum atomic E-state index is 5.96. The van der Waals surface area contributed by atoms with Crippen LogP contribution in [0.5, 0.6) is 0 Å². The number of halogens is 1. The van der Waals surface area contributed by atoms with Gasteiger partial charge in [0.15, 0.2) is 0 Å². The standard InChI is InChI=1S/C17H21BrN2/c1-12-5-4-6-16(9-12)20(3)17-11-15(18)8-7-14(17)10-13(2)19/h4-9,11,13H,10,19H2,1-3H3. The maximum absolute atomic E-state index is 5.96. The number of rotatable bonds is 4. The molecule has 3 heteroatoms. The van der Waals surface area contributed by atoms with Crippen molar-refractivity contribution >= 4 is 27.3 Å². The fourth-order valence-electron chi connectivity index (χ4n) is 2.34. The lowest BCUT2D eigenvalue weighted by Gasteiger charge is -2.24. The first-order valence-corrected chi connectivity index (χ1v) is 7.61. The van der Waals surface area contributed by atoms with E-state index in [9.17, 15) is 0 Å². The predicted octanol–water partition coefficient (Wildman–Crippen LogP) is 4.42. The average molecular weight is 333 g/mol. The summed E-state index contributed by atoms with van der Waals surface area (Å²) in [4.78, 5) is 2.22. The fourth-order valence-corrected chi connectivity index (χ4v) is 2.69. The molecule has 0 amide bonds. The van der Waals surface area contributed by atoms with Crippen LogP contribution in [0.15, 0.2) is 46.9 Å². The maximum Gasteiger partial charge on any atom is 0.0452 e. The summed E-state index contributed by atoms with van der Waals surface area (Å²) in [5.41, 5.74) is 10.9. The Morgan fingerprint density at radius 2 is 1.95 bits per heavy atom. The lowest BCUT2D eigenvalue weighted by Crippen LogP contribution is -2.20. The van der Waals surface area contributed by atoms with Crippen molar-refractivity contribution in [1.29, 1.82) is 0 Å². The number of aryl methyl sites for hydroxylation is 1. The number of hydrogen-bond donors (Lipinski definition) is 1. The highest BCUT2D eigenvalue weighted by Gasteiger charge is 2.11. The molecule has 0 saturated carbocycles. The molecular weight excluding hydrogens is 312 g/mol. The number of nitrogens with zero attached hydrogens (tertiary/aromatic N) is 1. The molecule has 106 valence electrons. The van der Waals surface area contributed by atoms with Crippen LogP contribution in [0.1, 0.15) is 18.1 Å². The lowest BCUT2D eigenvalue weighted by molar-refractivity contribution is 0.737. The van der Waals surface area contributed by atoms with Gasteiger partial charge < -0.3 is 10.6 Å². The minimum atomic E-state index is 0.154. The molecule has 0 spiro atoms. The lowest BCUT2D eigenvalue weighted by atomic mass is 10.0. The van der Waals surface area contributed by atoms with Crippen molar-refractivity contribution in [3.05, 3.63) is 58.1 Å². The molecule has 0 bridgehead atoms. The molecule has 1 unspecified atom stereocenters. The van der Waals surface area contributed by atoms with Crippen LogP contribution in [0.25, 0.3) is 0 Å². The number of anilines is 2. The highest BCUT2D eigenvalue weighted by Crippen LogP contribution is 2.31. The summed E-state index contributed by atoms with van der Waals surface area (Å²) in [5, 5.41) is 0. The molecule has 0 aromatic heterocycles. The van der Waals surface area contributed by atoms with Crippen LogP contribution in [0.3, 0.4) is 0 Å². The Kier molecular flexibility index (Phi) is 4.84. The third kappa shape index (κ3) is 3.62. The first kappa shape index (κ1) is 15.1. The topological polar surface area (TPSA) is 29.3 Å². The Morgan fingerprint density at radius 1 is 1.20 bits per heavy atom. The molecular formula is C17H21BrN2. The molecule has 2 rings (SSSR count). The third-order valence-corrected chi connectivity index (χ3v) is 3.83. The van der Waals surface area contributed by atoms with Crippen molar-refractivity contribution < 1.29 is 0 Å². The van der Waals surface area contributed by atoms with Gasteiger partial charge in [0.1, 0.15) is 0 Å². The van der Waals surface area contributed by atoms with Gasteiger partial charge in [-0.05, 0) is 55.7 Å². The Hall–Kier alpha value is -1.32. The number of hydrogen-bond acceptors (Lipinski definition) is 2. The summed E-state index contributed by atoms with van der Waals surface area (Å²) in [6.45, 7) is 4.15. The highest BCUT2D eigenvalue weighted by molar-refractivity contribution is 9.10. The monoisotopic (exact) mass is 332 g/mol. The van der Waals surface area contributed by atoms with Crippen molar-refractivity contribution in [1.82, 2.24) is 0 Å². The van der Waals surface area contributed by atoms with Gasteiger partial charge in [-0.2, -0.15) is 0 Å². The van der Waals surface area contributed by atoms with Crippen LogP contribution in [0.4, 0.5) is 11.4 Å². The van der Waals surface area contributed by atoms with E-state index in [-0.39, 0.29) is 6.04 Å². The molecule has 20 heavy (non-hydrogen) atoms. The van der Waals surface area contributed by atoms with Crippen molar-refractivity contribution in [3.8, 4) is 0 Å². The number of nitrogens with two attached hydrogens (primary N) is 1. The van der Waals surface area contributed by atoms with Crippen LogP contribution < -0.4 is 10.6 Å². The normalized spacial score (nSPS) is 12.2. The molecule has 1 atom stereocenters. The summed E-state index contributed by atoms with van der Waals surface area (Å²) in [5.74, 6) is 0. The van der Waals surface area contributed by atoms with Crippen molar-refractivity contribution in [2.45, 2.75) is 26.3 Å². The SMILES string of the molecule is Cc1cccc(N(C)c2cc(Br)ccc2CC(C)N)c1. The highest BCUT2D eigenvalue weighted by atomic mass is 79.9. The van der Waals surface area contributed by atoms with Gasteiger partial charge in [-0.1, -0.05) is 34.1 Å². The van der Waals surface area contributed by atoms with Gasteiger partial charge in [-0.15, -0.1) is 0 Å². The van der Waals surface area contributed by atoms with Crippen LogP contribution in [0.2, 0.25) is 0 Å². The van der Waals surface area contributed by atoms with Gasteiger partial charge in [0.2, 0.25) is 0 Å². The Bertz CT molecular complexity index is 593. The van der Waals surface area contributed by atoms with Gasteiger partial charge in [-0.25, -0.2) is 0 Å². The second-order valence-corrected chi connectivity index (χ2v) is 6.27. The fraction of sp³-hybridized carbons (Fsp3) is 0.294. The summed E-state index contributed by atoms with van der Waals surface area (Å²) in [7, 11) is 2.10. The van der Waals surface area contributed by atoms with E-state index in [1.807, 2.05) is 6.92 Å². The van der Waals surface area contributed by atoms with Gasteiger partial charge in [-0.3, -0.25) is 0 Å². The first-order valence-electron chi connectivity index (χ1n) is 6.82.